The van der Waals surface area contributed by atoms with E-state index in [0.29, 0.717) is 22.6 Å². The van der Waals surface area contributed by atoms with Gasteiger partial charge in [0.25, 0.3) is 11.6 Å². The fourth-order valence-electron chi connectivity index (χ4n) is 3.15. The largest absolute Gasteiger partial charge is 0.340 e. The summed E-state index contributed by atoms with van der Waals surface area (Å²) in [5, 5.41) is 14.2. The number of non-ortho nitro benzene ring substituents is 1. The number of carbonyl (C=O) groups excluding carboxylic acids is 2. The van der Waals surface area contributed by atoms with Crippen LogP contribution in [0.15, 0.2) is 42.5 Å². The van der Waals surface area contributed by atoms with Crippen molar-refractivity contribution in [1.29, 1.82) is 0 Å². The van der Waals surface area contributed by atoms with Gasteiger partial charge in [-0.25, -0.2) is 0 Å². The van der Waals surface area contributed by atoms with E-state index in [1.54, 1.807) is 19.2 Å². The van der Waals surface area contributed by atoms with E-state index in [1.807, 2.05) is 32.9 Å². The van der Waals surface area contributed by atoms with Crippen LogP contribution in [-0.2, 0) is 11.3 Å². The highest BCUT2D eigenvalue weighted by Gasteiger charge is 2.26. The third-order valence-corrected chi connectivity index (χ3v) is 5.09. The first kappa shape index (κ1) is 23.3. The molecule has 2 rings (SSSR count). The number of nitrogens with zero attached hydrogens (tertiary/aromatic N) is 2. The topological polar surface area (TPSA) is 92.6 Å². The number of hydrogen-bond acceptors (Lipinski definition) is 4. The average Bonchev–Trinajstić information content (AvgIpc) is 2.68. The van der Waals surface area contributed by atoms with E-state index in [9.17, 15) is 19.7 Å². The van der Waals surface area contributed by atoms with Crippen LogP contribution >= 0.6 is 11.6 Å². The molecule has 0 heterocycles. The van der Waals surface area contributed by atoms with Gasteiger partial charge in [0, 0.05) is 36.3 Å². The Morgan fingerprint density at radius 1 is 1.20 bits per heavy atom. The van der Waals surface area contributed by atoms with Gasteiger partial charge in [-0.1, -0.05) is 43.6 Å². The van der Waals surface area contributed by atoms with Crippen LogP contribution in [0.4, 0.5) is 5.69 Å². The Morgan fingerprint density at radius 3 is 2.47 bits per heavy atom. The maximum absolute atomic E-state index is 13.1. The lowest BCUT2D eigenvalue weighted by Gasteiger charge is -2.26. The van der Waals surface area contributed by atoms with Gasteiger partial charge in [-0.05, 0) is 42.5 Å². The fraction of sp³-hybridized carbons (Fsp3) is 0.364. The summed E-state index contributed by atoms with van der Waals surface area (Å²) in [4.78, 5) is 37.8. The SMILES string of the molecule is Cc1ccccc1C(=O)NC(CC(C)C)C(=O)N(C)Cc1cc([N+](=O)[O-])ccc1Cl. The maximum Gasteiger partial charge on any atom is 0.269 e. The molecule has 1 atom stereocenters. The predicted molar refractivity (Wildman–Crippen MR) is 116 cm³/mol. The maximum atomic E-state index is 13.1. The second-order valence-corrected chi connectivity index (χ2v) is 8.10. The van der Waals surface area contributed by atoms with Crippen LogP contribution in [0.5, 0.6) is 0 Å². The Morgan fingerprint density at radius 2 is 1.87 bits per heavy atom. The van der Waals surface area contributed by atoms with Gasteiger partial charge in [0.1, 0.15) is 6.04 Å². The zero-order chi connectivity index (χ0) is 22.4. The number of nitro groups is 1. The lowest BCUT2D eigenvalue weighted by molar-refractivity contribution is -0.384. The monoisotopic (exact) mass is 431 g/mol. The van der Waals surface area contributed by atoms with Gasteiger partial charge in [-0.3, -0.25) is 19.7 Å². The third-order valence-electron chi connectivity index (χ3n) is 4.72. The molecule has 30 heavy (non-hydrogen) atoms. The van der Waals surface area contributed by atoms with Gasteiger partial charge in [0.05, 0.1) is 4.92 Å². The fourth-order valence-corrected chi connectivity index (χ4v) is 3.33. The molecule has 1 N–H and O–H groups in total. The first-order valence-corrected chi connectivity index (χ1v) is 10.0. The number of hydrogen-bond donors (Lipinski definition) is 1. The highest BCUT2D eigenvalue weighted by atomic mass is 35.5. The van der Waals surface area contributed by atoms with E-state index < -0.39 is 11.0 Å². The number of nitrogens with one attached hydrogen (secondary N) is 1. The van der Waals surface area contributed by atoms with Crippen molar-refractivity contribution in [2.75, 3.05) is 7.05 Å². The summed E-state index contributed by atoms with van der Waals surface area (Å²) in [6.45, 7) is 5.87. The Bertz CT molecular complexity index is 946. The van der Waals surface area contributed by atoms with Gasteiger partial charge in [-0.15, -0.1) is 0 Å². The molecule has 160 valence electrons. The molecular formula is C22H26ClN3O4. The van der Waals surface area contributed by atoms with Gasteiger partial charge >= 0.3 is 0 Å². The molecule has 0 bridgehead atoms. The van der Waals surface area contributed by atoms with E-state index in [-0.39, 0.29) is 30.0 Å². The minimum atomic E-state index is -0.723. The molecule has 0 aliphatic carbocycles. The highest BCUT2D eigenvalue weighted by molar-refractivity contribution is 6.31. The second-order valence-electron chi connectivity index (χ2n) is 7.70. The zero-order valence-corrected chi connectivity index (χ0v) is 18.3. The Balaban J connectivity index is 2.20. The average molecular weight is 432 g/mol. The van der Waals surface area contributed by atoms with Crippen molar-refractivity contribution in [3.8, 4) is 0 Å². The third kappa shape index (κ3) is 6.03. The minimum Gasteiger partial charge on any atom is -0.340 e. The van der Waals surface area contributed by atoms with E-state index in [0.717, 1.165) is 5.56 Å². The van der Waals surface area contributed by atoms with Crippen molar-refractivity contribution in [1.82, 2.24) is 10.2 Å². The summed E-state index contributed by atoms with van der Waals surface area (Å²) in [6.07, 6.45) is 0.462. The number of likely N-dealkylation sites (N-methyl/N-ethyl adjacent to an activating group) is 1. The first-order chi connectivity index (χ1) is 14.1. The predicted octanol–water partition coefficient (Wildman–Crippen LogP) is 4.36. The molecule has 2 amide bonds. The van der Waals surface area contributed by atoms with E-state index >= 15 is 0 Å². The molecule has 0 aliphatic rings. The molecule has 0 fully saturated rings. The summed E-state index contributed by atoms with van der Waals surface area (Å²) in [7, 11) is 1.59. The van der Waals surface area contributed by atoms with Gasteiger partial charge in [-0.2, -0.15) is 0 Å². The second kappa shape index (κ2) is 10.2. The molecule has 0 aromatic heterocycles. The number of carbonyl (C=O) groups is 2. The smallest absolute Gasteiger partial charge is 0.269 e. The molecule has 7 nitrogen and oxygen atoms in total. The zero-order valence-electron chi connectivity index (χ0n) is 17.5. The van der Waals surface area contributed by atoms with Crippen molar-refractivity contribution < 1.29 is 14.5 Å². The summed E-state index contributed by atoms with van der Waals surface area (Å²) in [6, 6.07) is 10.6. The van der Waals surface area contributed by atoms with Crippen LogP contribution in [0.25, 0.3) is 0 Å². The summed E-state index contributed by atoms with van der Waals surface area (Å²) in [5.41, 5.74) is 1.71. The number of nitro benzene ring substituents is 1. The van der Waals surface area contributed by atoms with Crippen LogP contribution in [-0.4, -0.2) is 34.7 Å². The van der Waals surface area contributed by atoms with Crippen LogP contribution in [0.1, 0.15) is 41.8 Å². The number of rotatable bonds is 8. The first-order valence-electron chi connectivity index (χ1n) is 9.64. The molecule has 1 unspecified atom stereocenters. The summed E-state index contributed by atoms with van der Waals surface area (Å²) < 4.78 is 0. The number of halogens is 1. The molecule has 8 heteroatoms. The van der Waals surface area contributed by atoms with Crippen LogP contribution < -0.4 is 5.32 Å². The molecule has 0 saturated heterocycles. The molecule has 0 spiro atoms. The van der Waals surface area contributed by atoms with Crippen molar-refractivity contribution in [3.05, 3.63) is 74.3 Å². The number of benzene rings is 2. The Hall–Kier alpha value is -2.93. The molecular weight excluding hydrogens is 406 g/mol. The van der Waals surface area contributed by atoms with Gasteiger partial charge < -0.3 is 10.2 Å². The van der Waals surface area contributed by atoms with Crippen LogP contribution in [0.2, 0.25) is 5.02 Å². The molecule has 0 radical (unpaired) electrons. The minimum absolute atomic E-state index is 0.0914. The molecule has 0 aliphatic heterocycles. The van der Waals surface area contributed by atoms with Crippen molar-refractivity contribution in [2.45, 2.75) is 39.8 Å². The van der Waals surface area contributed by atoms with E-state index in [4.69, 9.17) is 11.6 Å². The lowest BCUT2D eigenvalue weighted by Crippen LogP contribution is -2.48. The quantitative estimate of drug-likeness (QED) is 0.496. The standard InChI is InChI=1S/C22H26ClN3O4/c1-14(2)11-20(24-21(27)18-8-6-5-7-15(18)3)22(28)25(4)13-16-12-17(26(29)30)9-10-19(16)23/h5-10,12,14,20H,11,13H2,1-4H3,(H,24,27). The van der Waals surface area contributed by atoms with Gasteiger partial charge in [0.2, 0.25) is 5.91 Å². The number of aryl methyl sites for hydroxylation is 1. The molecule has 2 aromatic rings. The summed E-state index contributed by atoms with van der Waals surface area (Å²) >= 11 is 6.17. The van der Waals surface area contributed by atoms with Crippen LogP contribution in [0, 0.1) is 23.0 Å². The van der Waals surface area contributed by atoms with E-state index in [1.165, 1.54) is 23.1 Å². The highest BCUT2D eigenvalue weighted by Crippen LogP contribution is 2.23. The van der Waals surface area contributed by atoms with Crippen molar-refractivity contribution in [2.24, 2.45) is 5.92 Å². The Kier molecular flexibility index (Phi) is 7.94. The summed E-state index contributed by atoms with van der Waals surface area (Å²) in [5.74, 6) is -0.423. The molecule has 0 saturated carbocycles. The number of amides is 2. The van der Waals surface area contributed by atoms with Gasteiger partial charge in [0.15, 0.2) is 0 Å². The Labute approximate surface area is 181 Å². The lowest BCUT2D eigenvalue weighted by atomic mass is 10.0. The molecule has 2 aromatic carbocycles. The van der Waals surface area contributed by atoms with Crippen molar-refractivity contribution in [3.63, 3.8) is 0 Å². The van der Waals surface area contributed by atoms with Crippen LogP contribution in [0.3, 0.4) is 0 Å². The normalized spacial score (nSPS) is 11.8. The van der Waals surface area contributed by atoms with Crippen molar-refractivity contribution >= 4 is 29.1 Å². The van der Waals surface area contributed by atoms with E-state index in [2.05, 4.69) is 5.32 Å².